The number of anilines is 1. The van der Waals surface area contributed by atoms with E-state index in [2.05, 4.69) is 44.0 Å². The summed E-state index contributed by atoms with van der Waals surface area (Å²) in [6.07, 6.45) is 4.21. The predicted octanol–water partition coefficient (Wildman–Crippen LogP) is 2.97. The second kappa shape index (κ2) is 6.46. The molecular formula is C18H28N4O. The summed E-state index contributed by atoms with van der Waals surface area (Å²) >= 11 is 0. The zero-order chi connectivity index (χ0) is 16.6. The summed E-state index contributed by atoms with van der Waals surface area (Å²) in [6, 6.07) is 2.40. The third-order valence-electron chi connectivity index (χ3n) is 4.63. The minimum atomic E-state index is -0.0782. The molecule has 1 saturated carbocycles. The van der Waals surface area contributed by atoms with Crippen molar-refractivity contribution in [2.75, 3.05) is 11.4 Å². The number of carbonyl (C=O) groups excluding carboxylic acids is 1. The SMILES string of the molecule is CC(C)c1cc(N2CCCC2C(=O)NC2CC2)nc(C(C)C)n1. The molecule has 1 saturated heterocycles. The molecule has 1 atom stereocenters. The first kappa shape index (κ1) is 16.2. The van der Waals surface area contributed by atoms with Gasteiger partial charge in [0.05, 0.1) is 0 Å². The Bertz CT molecular complexity index is 554. The Labute approximate surface area is 138 Å². The fourth-order valence-electron chi connectivity index (χ4n) is 3.01. The highest BCUT2D eigenvalue weighted by atomic mass is 16.2. The van der Waals surface area contributed by atoms with E-state index in [-0.39, 0.29) is 17.9 Å². The van der Waals surface area contributed by atoms with Gasteiger partial charge in [-0.05, 0) is 31.6 Å². The molecule has 1 aliphatic heterocycles. The summed E-state index contributed by atoms with van der Waals surface area (Å²) < 4.78 is 0. The van der Waals surface area contributed by atoms with Gasteiger partial charge in [0.15, 0.2) is 0 Å². The number of hydrogen-bond acceptors (Lipinski definition) is 4. The van der Waals surface area contributed by atoms with E-state index in [1.807, 2.05) is 0 Å². The average Bonchev–Trinajstić information content (AvgIpc) is 3.18. The van der Waals surface area contributed by atoms with Gasteiger partial charge in [-0.2, -0.15) is 0 Å². The second-order valence-corrected chi connectivity index (χ2v) is 7.45. The van der Waals surface area contributed by atoms with Gasteiger partial charge in [0.1, 0.15) is 17.7 Å². The van der Waals surface area contributed by atoms with E-state index >= 15 is 0 Å². The van der Waals surface area contributed by atoms with Crippen molar-refractivity contribution in [1.29, 1.82) is 0 Å². The first-order valence-electron chi connectivity index (χ1n) is 8.91. The van der Waals surface area contributed by atoms with E-state index in [0.29, 0.717) is 12.0 Å². The number of nitrogens with zero attached hydrogens (tertiary/aromatic N) is 3. The summed E-state index contributed by atoms with van der Waals surface area (Å²) in [5, 5.41) is 3.15. The van der Waals surface area contributed by atoms with Crippen molar-refractivity contribution in [1.82, 2.24) is 15.3 Å². The zero-order valence-corrected chi connectivity index (χ0v) is 14.7. The van der Waals surface area contributed by atoms with Crippen LogP contribution in [0.3, 0.4) is 0 Å². The van der Waals surface area contributed by atoms with Crippen molar-refractivity contribution in [2.45, 2.75) is 77.3 Å². The maximum Gasteiger partial charge on any atom is 0.242 e. The zero-order valence-electron chi connectivity index (χ0n) is 14.7. The lowest BCUT2D eigenvalue weighted by atomic mass is 10.1. The number of carbonyl (C=O) groups is 1. The maximum atomic E-state index is 12.5. The molecule has 2 aliphatic rings. The minimum absolute atomic E-state index is 0.0782. The maximum absolute atomic E-state index is 12.5. The van der Waals surface area contributed by atoms with Crippen LogP contribution in [0, 0.1) is 0 Å². The first-order valence-corrected chi connectivity index (χ1v) is 8.91. The number of rotatable bonds is 5. The van der Waals surface area contributed by atoms with E-state index in [1.54, 1.807) is 0 Å². The molecule has 1 aromatic heterocycles. The van der Waals surface area contributed by atoms with Crippen molar-refractivity contribution in [3.8, 4) is 0 Å². The fraction of sp³-hybridized carbons (Fsp3) is 0.722. The van der Waals surface area contributed by atoms with Gasteiger partial charge in [-0.3, -0.25) is 4.79 Å². The average molecular weight is 316 g/mol. The molecule has 1 unspecified atom stereocenters. The summed E-state index contributed by atoms with van der Waals surface area (Å²) in [4.78, 5) is 24.2. The summed E-state index contributed by atoms with van der Waals surface area (Å²) in [5.41, 5.74) is 1.06. The van der Waals surface area contributed by atoms with Crippen LogP contribution in [0.2, 0.25) is 0 Å². The van der Waals surface area contributed by atoms with Crippen LogP contribution in [0.15, 0.2) is 6.07 Å². The molecule has 23 heavy (non-hydrogen) atoms. The molecule has 1 N–H and O–H groups in total. The van der Waals surface area contributed by atoms with E-state index < -0.39 is 0 Å². The predicted molar refractivity (Wildman–Crippen MR) is 91.7 cm³/mol. The lowest BCUT2D eigenvalue weighted by Gasteiger charge is -2.26. The van der Waals surface area contributed by atoms with Gasteiger partial charge in [0, 0.05) is 30.3 Å². The number of nitrogens with one attached hydrogen (secondary N) is 1. The lowest BCUT2D eigenvalue weighted by Crippen LogP contribution is -2.44. The van der Waals surface area contributed by atoms with Crippen molar-refractivity contribution in [2.24, 2.45) is 0 Å². The largest absolute Gasteiger partial charge is 0.352 e. The van der Waals surface area contributed by atoms with Gasteiger partial charge >= 0.3 is 0 Å². The van der Waals surface area contributed by atoms with Gasteiger partial charge in [-0.25, -0.2) is 9.97 Å². The molecule has 5 nitrogen and oxygen atoms in total. The van der Waals surface area contributed by atoms with Crippen molar-refractivity contribution < 1.29 is 4.79 Å². The molecule has 0 bridgehead atoms. The molecule has 126 valence electrons. The van der Waals surface area contributed by atoms with Crippen LogP contribution < -0.4 is 10.2 Å². The highest BCUT2D eigenvalue weighted by Gasteiger charge is 2.35. The molecule has 1 aliphatic carbocycles. The van der Waals surface area contributed by atoms with Crippen molar-refractivity contribution in [3.05, 3.63) is 17.6 Å². The molecule has 5 heteroatoms. The fourth-order valence-corrected chi connectivity index (χ4v) is 3.01. The Morgan fingerprint density at radius 1 is 1.17 bits per heavy atom. The molecule has 0 spiro atoms. The van der Waals surface area contributed by atoms with Crippen molar-refractivity contribution in [3.63, 3.8) is 0 Å². The Morgan fingerprint density at radius 2 is 1.91 bits per heavy atom. The third kappa shape index (κ3) is 3.65. The topological polar surface area (TPSA) is 58.1 Å². The van der Waals surface area contributed by atoms with Gasteiger partial charge < -0.3 is 10.2 Å². The minimum Gasteiger partial charge on any atom is -0.352 e. The second-order valence-electron chi connectivity index (χ2n) is 7.45. The van der Waals surface area contributed by atoms with E-state index in [4.69, 9.17) is 9.97 Å². The molecule has 1 amide bonds. The number of amides is 1. The smallest absolute Gasteiger partial charge is 0.242 e. The third-order valence-corrected chi connectivity index (χ3v) is 4.63. The van der Waals surface area contributed by atoms with E-state index in [0.717, 1.165) is 49.6 Å². The summed E-state index contributed by atoms with van der Waals surface area (Å²) in [7, 11) is 0. The van der Waals surface area contributed by atoms with Crippen LogP contribution in [0.25, 0.3) is 0 Å². The van der Waals surface area contributed by atoms with Gasteiger partial charge in [0.2, 0.25) is 5.91 Å². The first-order chi connectivity index (χ1) is 11.0. The highest BCUT2D eigenvalue weighted by molar-refractivity contribution is 5.86. The van der Waals surface area contributed by atoms with Crippen LogP contribution in [-0.2, 0) is 4.79 Å². The van der Waals surface area contributed by atoms with Crippen LogP contribution in [0.1, 0.15) is 76.7 Å². The Kier molecular flexibility index (Phi) is 4.55. The van der Waals surface area contributed by atoms with Crippen LogP contribution in [0.5, 0.6) is 0 Å². The number of hydrogen-bond donors (Lipinski definition) is 1. The molecule has 0 aromatic carbocycles. The van der Waals surface area contributed by atoms with Crippen LogP contribution in [0.4, 0.5) is 5.82 Å². The molecule has 2 heterocycles. The lowest BCUT2D eigenvalue weighted by molar-refractivity contribution is -0.122. The molecule has 2 fully saturated rings. The van der Waals surface area contributed by atoms with Crippen LogP contribution in [-0.4, -0.2) is 34.5 Å². The normalized spacial score (nSPS) is 21.3. The Morgan fingerprint density at radius 3 is 2.52 bits per heavy atom. The van der Waals surface area contributed by atoms with Crippen molar-refractivity contribution >= 4 is 11.7 Å². The Hall–Kier alpha value is -1.65. The standard InChI is InChI=1S/C18H28N4O/c1-11(2)14-10-16(21-17(20-14)12(3)4)22-9-5-6-15(22)18(23)19-13-7-8-13/h10-13,15H,5-9H2,1-4H3,(H,19,23). The quantitative estimate of drug-likeness (QED) is 0.907. The van der Waals surface area contributed by atoms with Crippen LogP contribution >= 0.6 is 0 Å². The summed E-state index contributed by atoms with van der Waals surface area (Å²) in [5.74, 6) is 2.60. The van der Waals surface area contributed by atoms with E-state index in [9.17, 15) is 4.79 Å². The summed E-state index contributed by atoms with van der Waals surface area (Å²) in [6.45, 7) is 9.43. The molecule has 1 aromatic rings. The molecule has 3 rings (SSSR count). The van der Waals surface area contributed by atoms with Gasteiger partial charge in [-0.1, -0.05) is 27.7 Å². The highest BCUT2D eigenvalue weighted by Crippen LogP contribution is 2.28. The molecule has 0 radical (unpaired) electrons. The molecular weight excluding hydrogens is 288 g/mol. The monoisotopic (exact) mass is 316 g/mol. The Balaban J connectivity index is 1.87. The van der Waals surface area contributed by atoms with Gasteiger partial charge in [-0.15, -0.1) is 0 Å². The van der Waals surface area contributed by atoms with Gasteiger partial charge in [0.25, 0.3) is 0 Å². The number of aromatic nitrogens is 2. The van der Waals surface area contributed by atoms with E-state index in [1.165, 1.54) is 0 Å².